The Hall–Kier alpha value is -1.53. The van der Waals surface area contributed by atoms with Crippen molar-refractivity contribution in [1.82, 2.24) is 5.32 Å². The summed E-state index contributed by atoms with van der Waals surface area (Å²) in [6.45, 7) is 5.40. The summed E-state index contributed by atoms with van der Waals surface area (Å²) >= 11 is 0. The molecule has 1 unspecified atom stereocenters. The first-order valence-corrected chi connectivity index (χ1v) is 5.54. The average molecular weight is 217 g/mol. The van der Waals surface area contributed by atoms with Crippen molar-refractivity contribution >= 4 is 5.69 Å². The molecule has 0 bridgehead atoms. The van der Waals surface area contributed by atoms with Crippen LogP contribution in [0.2, 0.25) is 0 Å². The van der Waals surface area contributed by atoms with Crippen LogP contribution in [0.1, 0.15) is 13.8 Å². The van der Waals surface area contributed by atoms with E-state index in [4.69, 9.17) is 0 Å². The molecular weight excluding hydrogens is 198 g/mol. The molecule has 0 saturated carbocycles. The van der Waals surface area contributed by atoms with Crippen molar-refractivity contribution in [3.63, 3.8) is 0 Å². The van der Waals surface area contributed by atoms with Gasteiger partial charge in [0.15, 0.2) is 0 Å². The normalized spacial score (nSPS) is 13.9. The molecule has 3 nitrogen and oxygen atoms in total. The lowest BCUT2D eigenvalue weighted by atomic mass is 10.0. The number of nitrogens with one attached hydrogen (secondary N) is 1. The van der Waals surface area contributed by atoms with Crippen LogP contribution in [0.25, 0.3) is 0 Å². The van der Waals surface area contributed by atoms with Gasteiger partial charge in [-0.15, -0.1) is 0 Å². The van der Waals surface area contributed by atoms with E-state index in [2.05, 4.69) is 16.3 Å². The molecule has 1 aromatic rings. The molecule has 0 heterocycles. The number of likely N-dealkylation sites (N-methyl/N-ethyl adjacent to an activating group) is 2. The molecule has 16 heavy (non-hydrogen) atoms. The Morgan fingerprint density at radius 2 is 2.00 bits per heavy atom. The fourth-order valence-corrected chi connectivity index (χ4v) is 1.77. The third-order valence-corrected chi connectivity index (χ3v) is 2.56. The first-order chi connectivity index (χ1) is 7.61. The Labute approximate surface area is 97.7 Å². The van der Waals surface area contributed by atoms with E-state index in [-0.39, 0.29) is 0 Å². The van der Waals surface area contributed by atoms with Crippen LogP contribution in [-0.2, 0) is 0 Å². The van der Waals surface area contributed by atoms with Crippen molar-refractivity contribution in [2.75, 3.05) is 25.0 Å². The highest BCUT2D eigenvalue weighted by molar-refractivity contribution is 5.46. The van der Waals surface area contributed by atoms with Gasteiger partial charge in [0.25, 0.3) is 0 Å². The van der Waals surface area contributed by atoms with Crippen LogP contribution >= 0.6 is 0 Å². The summed E-state index contributed by atoms with van der Waals surface area (Å²) in [7, 11) is 2.00. The van der Waals surface area contributed by atoms with Gasteiger partial charge in [-0.1, -0.05) is 25.1 Å². The van der Waals surface area contributed by atoms with Crippen LogP contribution in [-0.4, -0.2) is 25.7 Å². The zero-order valence-electron chi connectivity index (χ0n) is 10.2. The fourth-order valence-electron chi connectivity index (χ4n) is 1.77. The molecular formula is C13H19N3. The molecule has 0 aliphatic heterocycles. The van der Waals surface area contributed by atoms with Gasteiger partial charge in [-0.25, -0.2) is 0 Å². The summed E-state index contributed by atoms with van der Waals surface area (Å²) in [5.74, 6) is 0. The Morgan fingerprint density at radius 1 is 1.38 bits per heavy atom. The quantitative estimate of drug-likeness (QED) is 0.820. The van der Waals surface area contributed by atoms with Gasteiger partial charge in [-0.2, -0.15) is 5.26 Å². The monoisotopic (exact) mass is 217 g/mol. The largest absolute Gasteiger partial charge is 0.372 e. The van der Waals surface area contributed by atoms with Gasteiger partial charge in [-0.3, -0.25) is 5.32 Å². The van der Waals surface area contributed by atoms with E-state index < -0.39 is 5.54 Å². The van der Waals surface area contributed by atoms with Gasteiger partial charge < -0.3 is 4.90 Å². The third kappa shape index (κ3) is 3.25. The zero-order valence-corrected chi connectivity index (χ0v) is 10.2. The van der Waals surface area contributed by atoms with Gasteiger partial charge >= 0.3 is 0 Å². The van der Waals surface area contributed by atoms with Crippen molar-refractivity contribution in [3.05, 3.63) is 30.3 Å². The molecule has 1 rings (SSSR count). The summed E-state index contributed by atoms with van der Waals surface area (Å²) < 4.78 is 0. The maximum absolute atomic E-state index is 9.17. The van der Waals surface area contributed by atoms with Crippen molar-refractivity contribution in [2.24, 2.45) is 0 Å². The van der Waals surface area contributed by atoms with Gasteiger partial charge in [0.1, 0.15) is 5.54 Å². The molecule has 3 heteroatoms. The Morgan fingerprint density at radius 3 is 2.50 bits per heavy atom. The van der Waals surface area contributed by atoms with Crippen LogP contribution < -0.4 is 10.2 Å². The molecule has 0 aliphatic rings. The first-order valence-electron chi connectivity index (χ1n) is 5.54. The van der Waals surface area contributed by atoms with E-state index in [0.717, 1.165) is 12.2 Å². The molecule has 0 aliphatic carbocycles. The number of para-hydroxylation sites is 1. The molecule has 0 aromatic heterocycles. The highest BCUT2D eigenvalue weighted by Gasteiger charge is 2.24. The van der Waals surface area contributed by atoms with Crippen LogP contribution in [0.3, 0.4) is 0 Å². The summed E-state index contributed by atoms with van der Waals surface area (Å²) in [4.78, 5) is 2.09. The van der Waals surface area contributed by atoms with Gasteiger partial charge in [-0.05, 0) is 25.6 Å². The highest BCUT2D eigenvalue weighted by Crippen LogP contribution is 2.14. The van der Waals surface area contributed by atoms with Crippen molar-refractivity contribution in [2.45, 2.75) is 19.4 Å². The van der Waals surface area contributed by atoms with Gasteiger partial charge in [0, 0.05) is 19.3 Å². The average Bonchev–Trinajstić information content (AvgIpc) is 2.30. The fraction of sp³-hybridized carbons (Fsp3) is 0.462. The Kier molecular flexibility index (Phi) is 4.33. The van der Waals surface area contributed by atoms with Crippen LogP contribution in [0, 0.1) is 11.3 Å². The highest BCUT2D eigenvalue weighted by atomic mass is 15.1. The summed E-state index contributed by atoms with van der Waals surface area (Å²) in [5.41, 5.74) is 0.626. The SMILES string of the molecule is CCNC(C)(C#N)CN(C)c1ccccc1. The predicted octanol–water partition coefficient (Wildman–Crippen LogP) is 2.01. The predicted molar refractivity (Wildman–Crippen MR) is 67.4 cm³/mol. The molecule has 1 N–H and O–H groups in total. The van der Waals surface area contributed by atoms with E-state index in [1.54, 1.807) is 0 Å². The van der Waals surface area contributed by atoms with E-state index in [9.17, 15) is 5.26 Å². The summed E-state index contributed by atoms with van der Waals surface area (Å²) in [6.07, 6.45) is 0. The smallest absolute Gasteiger partial charge is 0.121 e. The zero-order chi connectivity index (χ0) is 12.0. The second kappa shape index (κ2) is 5.53. The second-order valence-electron chi connectivity index (χ2n) is 4.17. The van der Waals surface area contributed by atoms with E-state index >= 15 is 0 Å². The molecule has 0 amide bonds. The molecule has 86 valence electrons. The minimum atomic E-state index is -0.501. The number of hydrogen-bond acceptors (Lipinski definition) is 3. The number of benzene rings is 1. The third-order valence-electron chi connectivity index (χ3n) is 2.56. The lowest BCUT2D eigenvalue weighted by molar-refractivity contribution is 0.462. The summed E-state index contributed by atoms with van der Waals surface area (Å²) in [6, 6.07) is 12.4. The van der Waals surface area contributed by atoms with Crippen molar-refractivity contribution < 1.29 is 0 Å². The molecule has 0 spiro atoms. The van der Waals surface area contributed by atoms with Gasteiger partial charge in [0.05, 0.1) is 6.07 Å². The van der Waals surface area contributed by atoms with E-state index in [0.29, 0.717) is 6.54 Å². The van der Waals surface area contributed by atoms with Crippen molar-refractivity contribution in [1.29, 1.82) is 5.26 Å². The second-order valence-corrected chi connectivity index (χ2v) is 4.17. The summed E-state index contributed by atoms with van der Waals surface area (Å²) in [5, 5.41) is 12.4. The van der Waals surface area contributed by atoms with Crippen LogP contribution in [0.4, 0.5) is 5.69 Å². The molecule has 1 aromatic carbocycles. The minimum absolute atomic E-state index is 0.501. The van der Waals surface area contributed by atoms with Crippen LogP contribution in [0.5, 0.6) is 0 Å². The van der Waals surface area contributed by atoms with Gasteiger partial charge in [0.2, 0.25) is 0 Å². The minimum Gasteiger partial charge on any atom is -0.372 e. The number of hydrogen-bond donors (Lipinski definition) is 1. The molecule has 1 atom stereocenters. The number of anilines is 1. The maximum Gasteiger partial charge on any atom is 0.121 e. The Balaban J connectivity index is 2.70. The molecule has 0 saturated heterocycles. The van der Waals surface area contributed by atoms with E-state index in [1.807, 2.05) is 51.2 Å². The number of rotatable bonds is 5. The molecule has 0 fully saturated rings. The number of nitriles is 1. The standard InChI is InChI=1S/C13H19N3/c1-4-15-13(2,10-14)11-16(3)12-8-6-5-7-9-12/h5-9,15H,4,11H2,1-3H3. The lowest BCUT2D eigenvalue weighted by Crippen LogP contribution is -2.49. The topological polar surface area (TPSA) is 39.1 Å². The van der Waals surface area contributed by atoms with E-state index in [1.165, 1.54) is 0 Å². The Bertz CT molecular complexity index is 355. The maximum atomic E-state index is 9.17. The van der Waals surface area contributed by atoms with Crippen LogP contribution in [0.15, 0.2) is 30.3 Å². The molecule has 0 radical (unpaired) electrons. The number of nitrogens with zero attached hydrogens (tertiary/aromatic N) is 2. The first kappa shape index (κ1) is 12.5. The van der Waals surface area contributed by atoms with Crippen molar-refractivity contribution in [3.8, 4) is 6.07 Å². The lowest BCUT2D eigenvalue weighted by Gasteiger charge is -2.29.